The van der Waals surface area contributed by atoms with Gasteiger partial charge < -0.3 is 4.42 Å². The van der Waals surface area contributed by atoms with E-state index in [1.54, 1.807) is 0 Å². The van der Waals surface area contributed by atoms with Gasteiger partial charge in [-0.25, -0.2) is 9.97 Å². The van der Waals surface area contributed by atoms with E-state index in [2.05, 4.69) is 126 Å². The van der Waals surface area contributed by atoms with Crippen LogP contribution in [-0.4, -0.2) is 14.5 Å². The van der Waals surface area contributed by atoms with Crippen LogP contribution in [0.2, 0.25) is 0 Å². The van der Waals surface area contributed by atoms with Crippen LogP contribution in [0, 0.1) is 0 Å². The van der Waals surface area contributed by atoms with Crippen molar-refractivity contribution in [2.45, 2.75) is 0 Å². The topological polar surface area (TPSA) is 43.9 Å². The highest BCUT2D eigenvalue weighted by molar-refractivity contribution is 6.10. The predicted octanol–water partition coefficient (Wildman–Crippen LogP) is 10.5. The van der Waals surface area contributed by atoms with Crippen molar-refractivity contribution < 1.29 is 4.42 Å². The number of hydrogen-bond acceptors (Lipinski definition) is 3. The fourth-order valence-electron chi connectivity index (χ4n) is 6.32. The highest BCUT2D eigenvalue weighted by Crippen LogP contribution is 2.39. The summed E-state index contributed by atoms with van der Waals surface area (Å²) in [6, 6.07) is 52.4. The first kappa shape index (κ1) is 24.6. The molecule has 0 unspecified atom stereocenters. The quantitative estimate of drug-likeness (QED) is 0.214. The molecule has 0 amide bonds. The zero-order valence-electron chi connectivity index (χ0n) is 23.7. The Balaban J connectivity index is 1.35. The Morgan fingerprint density at radius 1 is 0.432 bits per heavy atom. The Hall–Kier alpha value is -6.00. The lowest BCUT2D eigenvalue weighted by molar-refractivity contribution is 0.669. The number of rotatable bonds is 4. The summed E-state index contributed by atoms with van der Waals surface area (Å²) in [5.41, 5.74) is 11.7. The number of fused-ring (bicyclic) bond motifs is 6. The molecule has 206 valence electrons. The van der Waals surface area contributed by atoms with E-state index in [1.807, 2.05) is 30.3 Å². The van der Waals surface area contributed by atoms with Crippen LogP contribution in [0.5, 0.6) is 0 Å². The van der Waals surface area contributed by atoms with E-state index in [9.17, 15) is 0 Å². The molecule has 0 aliphatic carbocycles. The smallest absolute Gasteiger partial charge is 0.165 e. The van der Waals surface area contributed by atoms with Gasteiger partial charge in [0.15, 0.2) is 5.65 Å². The molecule has 4 heteroatoms. The van der Waals surface area contributed by atoms with Gasteiger partial charge in [-0.15, -0.1) is 0 Å². The van der Waals surface area contributed by atoms with Crippen molar-refractivity contribution in [3.63, 3.8) is 0 Å². The van der Waals surface area contributed by atoms with Crippen LogP contribution < -0.4 is 0 Å². The first-order valence-corrected chi connectivity index (χ1v) is 14.8. The highest BCUT2D eigenvalue weighted by atomic mass is 16.3. The average Bonchev–Trinajstić information content (AvgIpc) is 3.63. The van der Waals surface area contributed by atoms with Gasteiger partial charge in [0.05, 0.1) is 16.9 Å². The molecular formula is C40H25N3O. The Bertz CT molecular complexity index is 2480. The summed E-state index contributed by atoms with van der Waals surface area (Å²) in [6.45, 7) is 0. The van der Waals surface area contributed by atoms with Crippen molar-refractivity contribution in [1.29, 1.82) is 0 Å². The molecule has 0 aliphatic rings. The van der Waals surface area contributed by atoms with Gasteiger partial charge in [-0.05, 0) is 53.6 Å². The Labute approximate surface area is 253 Å². The van der Waals surface area contributed by atoms with Crippen molar-refractivity contribution in [3.8, 4) is 39.3 Å². The van der Waals surface area contributed by atoms with Gasteiger partial charge in [0.1, 0.15) is 16.7 Å². The van der Waals surface area contributed by atoms with Crippen LogP contribution in [0.15, 0.2) is 156 Å². The van der Waals surface area contributed by atoms with Gasteiger partial charge in [-0.1, -0.05) is 109 Å². The minimum Gasteiger partial charge on any atom is -0.456 e. The third kappa shape index (κ3) is 3.85. The summed E-state index contributed by atoms with van der Waals surface area (Å²) in [7, 11) is 0. The van der Waals surface area contributed by atoms with E-state index < -0.39 is 0 Å². The molecule has 3 heterocycles. The molecule has 3 aromatic heterocycles. The fraction of sp³-hybridized carbons (Fsp3) is 0. The molecule has 4 nitrogen and oxygen atoms in total. The molecule has 6 aromatic carbocycles. The van der Waals surface area contributed by atoms with Crippen molar-refractivity contribution in [2.24, 2.45) is 0 Å². The molecule has 0 bridgehead atoms. The van der Waals surface area contributed by atoms with Crippen LogP contribution in [0.1, 0.15) is 0 Å². The zero-order chi connectivity index (χ0) is 29.0. The average molecular weight is 564 g/mol. The summed E-state index contributed by atoms with van der Waals surface area (Å²) in [5, 5.41) is 3.30. The van der Waals surface area contributed by atoms with Crippen molar-refractivity contribution in [1.82, 2.24) is 14.5 Å². The van der Waals surface area contributed by atoms with E-state index in [4.69, 9.17) is 14.4 Å². The Morgan fingerprint density at radius 2 is 1.00 bits per heavy atom. The van der Waals surface area contributed by atoms with Gasteiger partial charge in [-0.2, -0.15) is 0 Å². The van der Waals surface area contributed by atoms with E-state index in [1.165, 1.54) is 0 Å². The molecule has 0 atom stereocenters. The predicted molar refractivity (Wildman–Crippen MR) is 180 cm³/mol. The van der Waals surface area contributed by atoms with Crippen LogP contribution in [-0.2, 0) is 0 Å². The number of furan rings is 1. The Morgan fingerprint density at radius 3 is 1.73 bits per heavy atom. The van der Waals surface area contributed by atoms with E-state index in [0.717, 1.165) is 83.3 Å². The third-order valence-corrected chi connectivity index (χ3v) is 8.40. The van der Waals surface area contributed by atoms with Crippen molar-refractivity contribution in [2.75, 3.05) is 0 Å². The van der Waals surface area contributed by atoms with Gasteiger partial charge in [-0.3, -0.25) is 4.57 Å². The molecule has 0 saturated heterocycles. The number of nitrogens with zero attached hydrogens (tertiary/aromatic N) is 3. The second kappa shape index (κ2) is 9.79. The van der Waals surface area contributed by atoms with Gasteiger partial charge >= 0.3 is 0 Å². The summed E-state index contributed by atoms with van der Waals surface area (Å²) < 4.78 is 8.34. The fourth-order valence-corrected chi connectivity index (χ4v) is 6.32. The summed E-state index contributed by atoms with van der Waals surface area (Å²) in [6.07, 6.45) is 0. The second-order valence-corrected chi connectivity index (χ2v) is 11.0. The van der Waals surface area contributed by atoms with Gasteiger partial charge in [0, 0.05) is 33.0 Å². The molecule has 0 N–H and O–H groups in total. The minimum atomic E-state index is 0.832. The van der Waals surface area contributed by atoms with E-state index in [0.29, 0.717) is 0 Å². The first-order valence-electron chi connectivity index (χ1n) is 14.8. The standard InChI is InChI=1S/C40H25N3O/c1-4-12-26(13-5-1)37-38(27-14-6-2-7-15-27)42-40-39(41-37)33-25-28(20-22-34(33)43(40)30-16-8-3-9-17-30)29-21-23-36-32(24-29)31-18-10-11-19-35(31)44-36/h1-25H. The molecule has 0 spiro atoms. The van der Waals surface area contributed by atoms with E-state index in [-0.39, 0.29) is 0 Å². The normalized spacial score (nSPS) is 11.6. The van der Waals surface area contributed by atoms with Crippen molar-refractivity contribution >= 4 is 44.0 Å². The van der Waals surface area contributed by atoms with Gasteiger partial charge in [0.2, 0.25) is 0 Å². The monoisotopic (exact) mass is 563 g/mol. The Kier molecular flexibility index (Phi) is 5.47. The summed E-state index contributed by atoms with van der Waals surface area (Å²) in [4.78, 5) is 10.8. The molecule has 0 fully saturated rings. The minimum absolute atomic E-state index is 0.832. The maximum atomic E-state index is 6.10. The largest absolute Gasteiger partial charge is 0.456 e. The van der Waals surface area contributed by atoms with Crippen molar-refractivity contribution in [3.05, 3.63) is 152 Å². The third-order valence-electron chi connectivity index (χ3n) is 8.40. The van der Waals surface area contributed by atoms with Crippen LogP contribution in [0.3, 0.4) is 0 Å². The number of hydrogen-bond donors (Lipinski definition) is 0. The molecular weight excluding hydrogens is 538 g/mol. The summed E-state index contributed by atoms with van der Waals surface area (Å²) >= 11 is 0. The maximum Gasteiger partial charge on any atom is 0.165 e. The SMILES string of the molecule is c1ccc(-c2nc3c4cc(-c5ccc6oc7ccccc7c6c5)ccc4n(-c4ccccc4)c3nc2-c2ccccc2)cc1. The second-order valence-electron chi connectivity index (χ2n) is 11.0. The number of benzene rings is 6. The maximum absolute atomic E-state index is 6.10. The molecule has 0 saturated carbocycles. The van der Waals surface area contributed by atoms with Crippen LogP contribution in [0.25, 0.3) is 83.3 Å². The molecule has 9 aromatic rings. The summed E-state index contributed by atoms with van der Waals surface area (Å²) in [5.74, 6) is 0. The lowest BCUT2D eigenvalue weighted by atomic mass is 10.0. The number of para-hydroxylation sites is 2. The van der Waals surface area contributed by atoms with Crippen LogP contribution in [0.4, 0.5) is 0 Å². The van der Waals surface area contributed by atoms with E-state index >= 15 is 0 Å². The molecule has 9 rings (SSSR count). The first-order chi connectivity index (χ1) is 21.8. The zero-order valence-corrected chi connectivity index (χ0v) is 23.7. The number of aromatic nitrogens is 3. The molecule has 0 aliphatic heterocycles. The van der Waals surface area contributed by atoms with Crippen LogP contribution >= 0.6 is 0 Å². The molecule has 44 heavy (non-hydrogen) atoms. The lowest BCUT2D eigenvalue weighted by Crippen LogP contribution is -1.99. The lowest BCUT2D eigenvalue weighted by Gasteiger charge is -2.11. The highest BCUT2D eigenvalue weighted by Gasteiger charge is 2.21. The molecule has 0 radical (unpaired) electrons. The van der Waals surface area contributed by atoms with Gasteiger partial charge in [0.25, 0.3) is 0 Å².